The molecule has 10 heavy (non-hydrogen) atoms. The van der Waals surface area contributed by atoms with Crippen LogP contribution in [-0.4, -0.2) is 38.5 Å². The Morgan fingerprint density at radius 3 is 1.60 bits per heavy atom. The van der Waals surface area contributed by atoms with Gasteiger partial charge in [-0.1, -0.05) is 0 Å². The van der Waals surface area contributed by atoms with E-state index in [4.69, 9.17) is 20.4 Å². The van der Waals surface area contributed by atoms with Crippen molar-refractivity contribution in [3.05, 3.63) is 6.10 Å². The molecule has 0 fully saturated rings. The van der Waals surface area contributed by atoms with E-state index in [2.05, 4.69) is 0 Å². The molecule has 0 amide bonds. The van der Waals surface area contributed by atoms with E-state index in [1.165, 1.54) is 0 Å². The summed E-state index contributed by atoms with van der Waals surface area (Å²) in [7, 11) is 0. The van der Waals surface area contributed by atoms with Crippen LogP contribution < -0.4 is 0 Å². The van der Waals surface area contributed by atoms with Gasteiger partial charge in [0, 0.05) is 0 Å². The Morgan fingerprint density at radius 1 is 1.10 bits per heavy atom. The zero-order chi connectivity index (χ0) is 8.31. The number of carbonyl (C=O) groups is 2. The van der Waals surface area contributed by atoms with E-state index in [1.807, 2.05) is 0 Å². The molecule has 0 aromatic carbocycles. The second kappa shape index (κ2) is 3.14. The highest BCUT2D eigenvalue weighted by Crippen LogP contribution is 2.01. The Kier molecular flexibility index (Phi) is 2.78. The highest BCUT2D eigenvalue weighted by atomic mass is 16.4. The van der Waals surface area contributed by atoms with Gasteiger partial charge in [-0.15, -0.1) is 0 Å². The number of aliphatic carboxylic acids is 2. The first-order chi connectivity index (χ1) is 4.46. The Hall–Kier alpha value is -1.14. The maximum atomic E-state index is 9.75. The zero-order valence-corrected chi connectivity index (χ0v) is 4.68. The van der Waals surface area contributed by atoms with E-state index in [0.717, 1.165) is 0 Å². The highest BCUT2D eigenvalue weighted by molar-refractivity contribution is 5.89. The molecular weight excluding hydrogens is 144 g/mol. The van der Waals surface area contributed by atoms with Crippen molar-refractivity contribution in [1.82, 2.24) is 0 Å². The van der Waals surface area contributed by atoms with E-state index in [1.54, 1.807) is 0 Å². The molecule has 0 aromatic heterocycles. The van der Waals surface area contributed by atoms with Crippen LogP contribution >= 0.6 is 0 Å². The standard InChI is InChI=1S/C4H5O6/c5-1(3(7)8)2(6)4(9)10/h1,5-6H,(H,7,8)(H,9,10)/t1-/m0/s1. The van der Waals surface area contributed by atoms with Crippen LogP contribution in [0.1, 0.15) is 0 Å². The highest BCUT2D eigenvalue weighted by Gasteiger charge is 2.31. The molecule has 0 aliphatic rings. The number of hydrogen-bond donors (Lipinski definition) is 4. The molecule has 57 valence electrons. The lowest BCUT2D eigenvalue weighted by Crippen LogP contribution is -2.32. The van der Waals surface area contributed by atoms with Crippen molar-refractivity contribution in [3.8, 4) is 0 Å². The fourth-order valence-corrected chi connectivity index (χ4v) is 0.234. The molecule has 0 saturated carbocycles. The van der Waals surface area contributed by atoms with Crippen molar-refractivity contribution in [2.24, 2.45) is 0 Å². The van der Waals surface area contributed by atoms with Gasteiger partial charge in [-0.2, -0.15) is 0 Å². The third-order valence-corrected chi connectivity index (χ3v) is 0.712. The maximum Gasteiger partial charge on any atom is 0.343 e. The van der Waals surface area contributed by atoms with E-state index in [-0.39, 0.29) is 0 Å². The van der Waals surface area contributed by atoms with Crippen LogP contribution in [0.5, 0.6) is 0 Å². The summed E-state index contributed by atoms with van der Waals surface area (Å²) in [5.74, 6) is -3.66. The van der Waals surface area contributed by atoms with Crippen LogP contribution in [0.15, 0.2) is 0 Å². The summed E-state index contributed by atoms with van der Waals surface area (Å²) in [6.45, 7) is 0. The summed E-state index contributed by atoms with van der Waals surface area (Å²) in [5, 5.41) is 32.3. The van der Waals surface area contributed by atoms with Gasteiger partial charge in [-0.25, -0.2) is 9.59 Å². The Bertz CT molecular complexity index is 134. The molecule has 0 aliphatic heterocycles. The van der Waals surface area contributed by atoms with Gasteiger partial charge in [0.2, 0.25) is 6.10 Å². The predicted molar refractivity (Wildman–Crippen MR) is 26.5 cm³/mol. The van der Waals surface area contributed by atoms with Crippen LogP contribution in [0.25, 0.3) is 0 Å². The molecule has 4 N–H and O–H groups in total. The SMILES string of the molecule is O=C(O)[C](O)[C@H](O)C(=O)O. The van der Waals surface area contributed by atoms with Gasteiger partial charge in [0.25, 0.3) is 0 Å². The molecule has 6 nitrogen and oxygen atoms in total. The summed E-state index contributed by atoms with van der Waals surface area (Å²) in [6.07, 6.45) is -3.84. The molecule has 0 heterocycles. The summed E-state index contributed by atoms with van der Waals surface area (Å²) in [5.41, 5.74) is 0. The van der Waals surface area contributed by atoms with Crippen LogP contribution in [0.4, 0.5) is 0 Å². The minimum absolute atomic E-state index is 1.49. The third kappa shape index (κ3) is 2.00. The Balaban J connectivity index is 4.07. The molecule has 0 bridgehead atoms. The smallest absolute Gasteiger partial charge is 0.343 e. The van der Waals surface area contributed by atoms with Gasteiger partial charge < -0.3 is 20.4 Å². The van der Waals surface area contributed by atoms with E-state index < -0.39 is 24.1 Å². The maximum absolute atomic E-state index is 9.75. The zero-order valence-electron chi connectivity index (χ0n) is 4.68. The number of carboxylic acid groups (broad SMARTS) is 2. The monoisotopic (exact) mass is 149 g/mol. The number of carboxylic acids is 2. The minimum Gasteiger partial charge on any atom is -0.479 e. The lowest BCUT2D eigenvalue weighted by molar-refractivity contribution is -0.156. The quantitative estimate of drug-likeness (QED) is 0.385. The lowest BCUT2D eigenvalue weighted by atomic mass is 10.2. The van der Waals surface area contributed by atoms with Gasteiger partial charge in [0.05, 0.1) is 0 Å². The van der Waals surface area contributed by atoms with Gasteiger partial charge in [0.15, 0.2) is 6.10 Å². The van der Waals surface area contributed by atoms with Gasteiger partial charge >= 0.3 is 11.9 Å². The van der Waals surface area contributed by atoms with Crippen LogP contribution in [0, 0.1) is 6.10 Å². The number of aliphatic hydroxyl groups excluding tert-OH is 2. The first-order valence-corrected chi connectivity index (χ1v) is 2.16. The number of hydrogen-bond acceptors (Lipinski definition) is 4. The molecule has 0 rings (SSSR count). The van der Waals surface area contributed by atoms with Crippen molar-refractivity contribution >= 4 is 11.9 Å². The van der Waals surface area contributed by atoms with Gasteiger partial charge in [-0.05, 0) is 0 Å². The fraction of sp³-hybridized carbons (Fsp3) is 0.250. The largest absolute Gasteiger partial charge is 0.479 e. The molecule has 0 spiro atoms. The van der Waals surface area contributed by atoms with Crippen molar-refractivity contribution < 1.29 is 30.0 Å². The average molecular weight is 149 g/mol. The molecule has 0 aromatic rings. The van der Waals surface area contributed by atoms with E-state index in [0.29, 0.717) is 0 Å². The summed E-state index contributed by atoms with van der Waals surface area (Å²) in [6, 6.07) is 0. The molecule has 6 heteroatoms. The number of aliphatic hydroxyl groups is 2. The molecule has 0 unspecified atom stereocenters. The van der Waals surface area contributed by atoms with Gasteiger partial charge in [0.1, 0.15) is 0 Å². The van der Waals surface area contributed by atoms with Crippen molar-refractivity contribution in [3.63, 3.8) is 0 Å². The van der Waals surface area contributed by atoms with E-state index in [9.17, 15) is 9.59 Å². The van der Waals surface area contributed by atoms with Crippen molar-refractivity contribution in [2.45, 2.75) is 6.10 Å². The first-order valence-electron chi connectivity index (χ1n) is 2.16. The molecular formula is C4H5O6. The lowest BCUT2D eigenvalue weighted by Gasteiger charge is -2.05. The van der Waals surface area contributed by atoms with Crippen molar-refractivity contribution in [1.29, 1.82) is 0 Å². The summed E-state index contributed by atoms with van der Waals surface area (Å²) < 4.78 is 0. The third-order valence-electron chi connectivity index (χ3n) is 0.712. The molecule has 1 atom stereocenters. The molecule has 0 saturated heterocycles. The molecule has 0 aliphatic carbocycles. The first kappa shape index (κ1) is 8.86. The topological polar surface area (TPSA) is 115 Å². The van der Waals surface area contributed by atoms with Crippen LogP contribution in [0.3, 0.4) is 0 Å². The van der Waals surface area contributed by atoms with Crippen LogP contribution in [0.2, 0.25) is 0 Å². The normalized spacial score (nSPS) is 13.1. The average Bonchev–Trinajstić information content (AvgIpc) is 1.84. The van der Waals surface area contributed by atoms with Gasteiger partial charge in [-0.3, -0.25) is 0 Å². The molecule has 1 radical (unpaired) electrons. The minimum atomic E-state index is -2.35. The number of rotatable bonds is 3. The second-order valence-corrected chi connectivity index (χ2v) is 1.43. The van der Waals surface area contributed by atoms with E-state index >= 15 is 0 Å². The second-order valence-electron chi connectivity index (χ2n) is 1.43. The summed E-state index contributed by atoms with van der Waals surface area (Å²) >= 11 is 0. The fourth-order valence-electron chi connectivity index (χ4n) is 0.234. The Morgan fingerprint density at radius 2 is 1.50 bits per heavy atom. The van der Waals surface area contributed by atoms with Crippen LogP contribution in [-0.2, 0) is 9.59 Å². The van der Waals surface area contributed by atoms with Crippen molar-refractivity contribution in [2.75, 3.05) is 0 Å². The summed E-state index contributed by atoms with van der Waals surface area (Å²) in [4.78, 5) is 19.5. The Labute approximate surface area is 55.3 Å². The predicted octanol–water partition coefficient (Wildman–Crippen LogP) is -1.58.